The van der Waals surface area contributed by atoms with Gasteiger partial charge in [0.25, 0.3) is 0 Å². The van der Waals surface area contributed by atoms with Crippen molar-refractivity contribution >= 4 is 35.7 Å². The number of quaternary nitrogens is 1. The van der Waals surface area contributed by atoms with Crippen LogP contribution in [0.2, 0.25) is 0 Å². The molecule has 13 heavy (non-hydrogen) atoms. The van der Waals surface area contributed by atoms with Gasteiger partial charge in [-0.2, -0.15) is 0 Å². The minimum absolute atomic E-state index is 0.0389. The van der Waals surface area contributed by atoms with Gasteiger partial charge in [-0.1, -0.05) is 0 Å². The fourth-order valence-corrected chi connectivity index (χ4v) is 2.43. The quantitative estimate of drug-likeness (QED) is 0.678. The molecule has 2 aliphatic heterocycles. The average Bonchev–Trinajstić information content (AvgIpc) is 2.41. The van der Waals surface area contributed by atoms with E-state index in [4.69, 9.17) is 16.9 Å². The van der Waals surface area contributed by atoms with Gasteiger partial charge < -0.3 is 5.11 Å². The zero-order chi connectivity index (χ0) is 9.47. The van der Waals surface area contributed by atoms with E-state index in [1.165, 1.54) is 18.0 Å². The Morgan fingerprint density at radius 1 is 1.77 bits per heavy atom. The molecule has 0 fully saturated rings. The summed E-state index contributed by atoms with van der Waals surface area (Å²) in [5.41, 5.74) is 0. The molecule has 2 aliphatic rings. The van der Waals surface area contributed by atoms with Gasteiger partial charge in [-0.15, -0.1) is 4.00 Å². The SMILES string of the molecule is O=C(O)C1=C[N+]2(Cl)CN=CC=C2S1. The van der Waals surface area contributed by atoms with Gasteiger partial charge >= 0.3 is 5.97 Å². The van der Waals surface area contributed by atoms with Crippen molar-refractivity contribution in [1.29, 1.82) is 0 Å². The van der Waals surface area contributed by atoms with Gasteiger partial charge in [0, 0.05) is 12.3 Å². The van der Waals surface area contributed by atoms with E-state index in [0.717, 1.165) is 5.03 Å². The number of nitrogens with zero attached hydrogens (tertiary/aromatic N) is 2. The maximum Gasteiger partial charge on any atom is 0.348 e. The number of carboxylic acid groups (broad SMARTS) is 1. The maximum absolute atomic E-state index is 10.7. The Hall–Kier alpha value is -0.780. The van der Waals surface area contributed by atoms with Crippen LogP contribution in [0.4, 0.5) is 0 Å². The Balaban J connectivity index is 2.36. The van der Waals surface area contributed by atoms with E-state index in [-0.39, 0.29) is 8.91 Å². The minimum Gasteiger partial charge on any atom is -0.477 e. The molecule has 0 aromatic carbocycles. The minimum atomic E-state index is -0.946. The molecule has 0 aromatic heterocycles. The van der Waals surface area contributed by atoms with E-state index in [9.17, 15) is 4.79 Å². The molecule has 0 aliphatic carbocycles. The monoisotopic (exact) mass is 217 g/mol. The molecule has 0 amide bonds. The first kappa shape index (κ1) is 8.80. The van der Waals surface area contributed by atoms with Crippen molar-refractivity contribution in [2.24, 2.45) is 4.99 Å². The van der Waals surface area contributed by atoms with Crippen LogP contribution in [0, 0.1) is 0 Å². The normalized spacial score (nSPS) is 30.8. The summed E-state index contributed by atoms with van der Waals surface area (Å²) in [6.07, 6.45) is 4.87. The first-order valence-electron chi connectivity index (χ1n) is 3.54. The fourth-order valence-electron chi connectivity index (χ4n) is 1.11. The third kappa shape index (κ3) is 1.39. The lowest BCUT2D eigenvalue weighted by Crippen LogP contribution is -2.29. The summed E-state index contributed by atoms with van der Waals surface area (Å²) in [7, 11) is 0. The second kappa shape index (κ2) is 2.87. The standard InChI is InChI=1S/C7H5ClN2O2S/c8-10-3-5(7(11)12)13-6(10)1-2-9-4-10/h1-3H,4H2/p+1. The molecular formula is C7H6ClN2O2S+. The highest BCUT2D eigenvalue weighted by atomic mass is 35.5. The average molecular weight is 218 g/mol. The lowest BCUT2D eigenvalue weighted by Gasteiger charge is -2.20. The summed E-state index contributed by atoms with van der Waals surface area (Å²) >= 11 is 7.28. The van der Waals surface area contributed by atoms with Gasteiger partial charge in [-0.05, 0) is 11.8 Å². The van der Waals surface area contributed by atoms with E-state index in [1.54, 1.807) is 12.3 Å². The molecule has 1 N–H and O–H groups in total. The van der Waals surface area contributed by atoms with Gasteiger partial charge in [0.2, 0.25) is 0 Å². The highest BCUT2D eigenvalue weighted by molar-refractivity contribution is 8.07. The number of hydrogen-bond donors (Lipinski definition) is 1. The van der Waals surface area contributed by atoms with Gasteiger partial charge in [0.05, 0.1) is 0 Å². The number of rotatable bonds is 1. The molecule has 4 nitrogen and oxygen atoms in total. The van der Waals surface area contributed by atoms with Crippen molar-refractivity contribution in [2.45, 2.75) is 0 Å². The van der Waals surface area contributed by atoms with Crippen molar-refractivity contribution in [3.8, 4) is 0 Å². The third-order valence-corrected chi connectivity index (χ3v) is 3.38. The molecular weight excluding hydrogens is 212 g/mol. The van der Waals surface area contributed by atoms with E-state index in [1.807, 2.05) is 0 Å². The Bertz CT molecular complexity index is 364. The highest BCUT2D eigenvalue weighted by Gasteiger charge is 2.41. The van der Waals surface area contributed by atoms with E-state index in [2.05, 4.69) is 4.99 Å². The molecule has 68 valence electrons. The number of aliphatic carboxylic acids is 1. The zero-order valence-corrected chi connectivity index (χ0v) is 8.05. The molecule has 0 spiro atoms. The molecule has 0 radical (unpaired) electrons. The Kier molecular flexibility index (Phi) is 1.94. The first-order chi connectivity index (χ1) is 6.12. The topological polar surface area (TPSA) is 49.7 Å². The number of fused-ring (bicyclic) bond motifs is 1. The first-order valence-corrected chi connectivity index (χ1v) is 4.69. The van der Waals surface area contributed by atoms with Crippen LogP contribution in [0.3, 0.4) is 0 Å². The Morgan fingerprint density at radius 2 is 2.54 bits per heavy atom. The van der Waals surface area contributed by atoms with Crippen LogP contribution in [-0.2, 0) is 4.79 Å². The highest BCUT2D eigenvalue weighted by Crippen LogP contribution is 2.45. The number of carboxylic acids is 1. The van der Waals surface area contributed by atoms with E-state index in [0.29, 0.717) is 6.67 Å². The lowest BCUT2D eigenvalue weighted by molar-refractivity contribution is -0.706. The molecule has 2 rings (SSSR count). The predicted molar refractivity (Wildman–Crippen MR) is 50.9 cm³/mol. The number of hydrogen-bond acceptors (Lipinski definition) is 3. The molecule has 2 heterocycles. The summed E-state index contributed by atoms with van der Waals surface area (Å²) in [5.74, 6) is -0.946. The van der Waals surface area contributed by atoms with Crippen molar-refractivity contribution in [3.63, 3.8) is 0 Å². The van der Waals surface area contributed by atoms with E-state index < -0.39 is 5.97 Å². The fraction of sp³-hybridized carbons (Fsp3) is 0.143. The molecule has 0 saturated heterocycles. The van der Waals surface area contributed by atoms with Crippen LogP contribution >= 0.6 is 23.5 Å². The number of halogens is 1. The van der Waals surface area contributed by atoms with E-state index >= 15 is 0 Å². The zero-order valence-electron chi connectivity index (χ0n) is 6.48. The smallest absolute Gasteiger partial charge is 0.348 e. The van der Waals surface area contributed by atoms with Crippen LogP contribution in [0.25, 0.3) is 0 Å². The van der Waals surface area contributed by atoms with Gasteiger partial charge in [-0.3, -0.25) is 0 Å². The molecule has 6 heteroatoms. The number of thioether (sulfide) groups is 1. The van der Waals surface area contributed by atoms with Crippen LogP contribution in [-0.4, -0.2) is 28.0 Å². The molecule has 0 bridgehead atoms. The summed E-state index contributed by atoms with van der Waals surface area (Å²) in [6.45, 7) is 0.358. The van der Waals surface area contributed by atoms with Crippen molar-refractivity contribution < 1.29 is 13.9 Å². The van der Waals surface area contributed by atoms with Crippen molar-refractivity contribution in [2.75, 3.05) is 6.67 Å². The van der Waals surface area contributed by atoms with Crippen LogP contribution < -0.4 is 0 Å². The summed E-state index contributed by atoms with van der Waals surface area (Å²) in [4.78, 5) is 14.9. The Labute approximate surface area is 83.9 Å². The molecule has 0 saturated carbocycles. The van der Waals surface area contributed by atoms with Crippen LogP contribution in [0.1, 0.15) is 0 Å². The van der Waals surface area contributed by atoms with Crippen LogP contribution in [0.15, 0.2) is 27.2 Å². The van der Waals surface area contributed by atoms with Crippen molar-refractivity contribution in [3.05, 3.63) is 22.2 Å². The third-order valence-electron chi connectivity index (χ3n) is 1.72. The lowest BCUT2D eigenvalue weighted by atomic mass is 10.5. The van der Waals surface area contributed by atoms with Gasteiger partial charge in [0.1, 0.15) is 6.20 Å². The molecule has 1 atom stereocenters. The summed E-state index contributed by atoms with van der Waals surface area (Å²) in [5, 5.41) is 9.54. The number of allylic oxidation sites excluding steroid dienone is 1. The second-order valence-electron chi connectivity index (χ2n) is 2.65. The van der Waals surface area contributed by atoms with Gasteiger partial charge in [-0.25, -0.2) is 9.79 Å². The molecule has 0 aromatic rings. The number of carbonyl (C=O) groups is 1. The second-order valence-corrected chi connectivity index (χ2v) is 4.32. The number of aliphatic imine (C=N–C) groups is 1. The molecule has 1 unspecified atom stereocenters. The predicted octanol–water partition coefficient (Wildman–Crippen LogP) is 1.51. The van der Waals surface area contributed by atoms with Crippen LogP contribution in [0.5, 0.6) is 0 Å². The largest absolute Gasteiger partial charge is 0.477 e. The Morgan fingerprint density at radius 3 is 3.15 bits per heavy atom. The van der Waals surface area contributed by atoms with Gasteiger partial charge in [0.15, 0.2) is 28.4 Å². The summed E-state index contributed by atoms with van der Waals surface area (Å²) < 4.78 is -0.0389. The maximum atomic E-state index is 10.7. The summed E-state index contributed by atoms with van der Waals surface area (Å²) in [6, 6.07) is 0. The van der Waals surface area contributed by atoms with Crippen molar-refractivity contribution in [1.82, 2.24) is 0 Å².